The number of nitrogens with two attached hydrogens (primary N) is 2. The third-order valence-corrected chi connectivity index (χ3v) is 2.96. The highest BCUT2D eigenvalue weighted by atomic mass is 32.1. The highest BCUT2D eigenvalue weighted by Gasteiger charge is 2.16. The van der Waals surface area contributed by atoms with Crippen LogP contribution < -0.4 is 11.6 Å². The first-order valence-electron chi connectivity index (χ1n) is 4.91. The van der Waals surface area contributed by atoms with Gasteiger partial charge in [0.1, 0.15) is 17.3 Å². The van der Waals surface area contributed by atoms with Crippen LogP contribution in [0.2, 0.25) is 0 Å². The second-order valence-electron chi connectivity index (χ2n) is 3.74. The first kappa shape index (κ1) is 12.7. The Morgan fingerprint density at radius 3 is 2.75 bits per heavy atom. The minimum Gasteiger partial charge on any atom is -0.395 e. The first-order chi connectivity index (χ1) is 7.56. The van der Waals surface area contributed by atoms with Crippen LogP contribution in [0.25, 0.3) is 5.70 Å². The monoisotopic (exact) mass is 240 g/mol. The van der Waals surface area contributed by atoms with E-state index in [9.17, 15) is 4.79 Å². The highest BCUT2D eigenvalue weighted by molar-refractivity contribution is 7.10. The van der Waals surface area contributed by atoms with Crippen LogP contribution in [0, 0.1) is 5.92 Å². The number of hydrogen-bond acceptors (Lipinski definition) is 6. The predicted octanol–water partition coefficient (Wildman–Crippen LogP) is 0.799. The highest BCUT2D eigenvalue weighted by Crippen LogP contribution is 2.13. The summed E-state index contributed by atoms with van der Waals surface area (Å²) in [5.41, 5.74) is 6.27. The van der Waals surface area contributed by atoms with Crippen molar-refractivity contribution in [2.45, 2.75) is 19.9 Å². The predicted molar refractivity (Wildman–Crippen MR) is 65.0 cm³/mol. The normalized spacial score (nSPS) is 13.9. The summed E-state index contributed by atoms with van der Waals surface area (Å²) < 4.78 is 0. The zero-order valence-corrected chi connectivity index (χ0v) is 10.1. The average molecular weight is 240 g/mol. The molecule has 0 spiro atoms. The summed E-state index contributed by atoms with van der Waals surface area (Å²) in [7, 11) is 0. The topological polar surface area (TPSA) is 85.2 Å². The van der Waals surface area contributed by atoms with Crippen molar-refractivity contribution in [3.63, 3.8) is 0 Å². The second kappa shape index (κ2) is 5.62. The van der Waals surface area contributed by atoms with Crippen molar-refractivity contribution in [2.24, 2.45) is 17.5 Å². The van der Waals surface area contributed by atoms with E-state index in [0.29, 0.717) is 10.7 Å². The Labute approximate surface area is 98.7 Å². The van der Waals surface area contributed by atoms with Gasteiger partial charge in [0, 0.05) is 17.8 Å². The molecule has 16 heavy (non-hydrogen) atoms. The van der Waals surface area contributed by atoms with Gasteiger partial charge in [-0.05, 0) is 5.92 Å². The average Bonchev–Trinajstić information content (AvgIpc) is 2.70. The number of thiazole rings is 1. The van der Waals surface area contributed by atoms with Crippen molar-refractivity contribution in [3.05, 3.63) is 22.8 Å². The maximum Gasteiger partial charge on any atom is 0.144 e. The van der Waals surface area contributed by atoms with E-state index >= 15 is 0 Å². The van der Waals surface area contributed by atoms with Crippen molar-refractivity contribution in [3.8, 4) is 0 Å². The molecule has 0 fully saturated rings. The number of carbonyl (C=O) groups is 1. The van der Waals surface area contributed by atoms with E-state index in [-0.39, 0.29) is 12.0 Å². The minimum atomic E-state index is -0.376. The molecule has 5 nitrogen and oxygen atoms in total. The molecule has 1 atom stereocenters. The number of hydrogen-bond donors (Lipinski definition) is 2. The lowest BCUT2D eigenvalue weighted by Gasteiger charge is -2.24. The molecule has 88 valence electrons. The van der Waals surface area contributed by atoms with Gasteiger partial charge in [0.25, 0.3) is 0 Å². The number of rotatable bonds is 5. The lowest BCUT2D eigenvalue weighted by molar-refractivity contribution is -0.112. The van der Waals surface area contributed by atoms with Crippen LogP contribution in [0.1, 0.15) is 18.9 Å². The van der Waals surface area contributed by atoms with E-state index in [1.54, 1.807) is 6.20 Å². The Balaban J connectivity index is 2.79. The molecular formula is C10H16N4OS. The third-order valence-electron chi connectivity index (χ3n) is 2.13. The fourth-order valence-corrected chi connectivity index (χ4v) is 1.80. The van der Waals surface area contributed by atoms with E-state index in [1.165, 1.54) is 22.5 Å². The molecule has 0 amide bonds. The largest absolute Gasteiger partial charge is 0.395 e. The Bertz CT molecular complexity index is 361. The molecule has 6 heteroatoms. The maximum atomic E-state index is 10.9. The van der Waals surface area contributed by atoms with Crippen LogP contribution in [-0.2, 0) is 4.79 Å². The van der Waals surface area contributed by atoms with Gasteiger partial charge in [0.2, 0.25) is 0 Å². The number of aromatic nitrogens is 1. The molecule has 0 aliphatic heterocycles. The quantitative estimate of drug-likeness (QED) is 0.452. The summed E-state index contributed by atoms with van der Waals surface area (Å²) in [4.78, 5) is 14.9. The van der Waals surface area contributed by atoms with Gasteiger partial charge in [0.05, 0.1) is 5.70 Å². The number of carbonyl (C=O) groups excluding carboxylic acids is 1. The van der Waals surface area contributed by atoms with Gasteiger partial charge < -0.3 is 15.5 Å². The molecule has 1 rings (SSSR count). The Morgan fingerprint density at radius 2 is 2.31 bits per heavy atom. The minimum absolute atomic E-state index is 0.128. The molecule has 1 unspecified atom stereocenters. The summed E-state index contributed by atoms with van der Waals surface area (Å²) in [5, 5.41) is 3.86. The number of hydrazine groups is 1. The van der Waals surface area contributed by atoms with Gasteiger partial charge in [-0.15, -0.1) is 11.3 Å². The van der Waals surface area contributed by atoms with E-state index < -0.39 is 0 Å². The van der Waals surface area contributed by atoms with Crippen LogP contribution in [-0.4, -0.2) is 22.3 Å². The summed E-state index contributed by atoms with van der Waals surface area (Å²) >= 11 is 1.43. The zero-order chi connectivity index (χ0) is 12.1. The molecule has 1 heterocycles. The van der Waals surface area contributed by atoms with Gasteiger partial charge >= 0.3 is 0 Å². The van der Waals surface area contributed by atoms with Gasteiger partial charge in [0.15, 0.2) is 0 Å². The zero-order valence-electron chi connectivity index (χ0n) is 9.33. The lowest BCUT2D eigenvalue weighted by atomic mass is 10.1. The van der Waals surface area contributed by atoms with Crippen LogP contribution >= 0.6 is 11.3 Å². The molecule has 0 saturated carbocycles. The summed E-state index contributed by atoms with van der Waals surface area (Å²) in [6, 6.07) is -0.376. The maximum absolute atomic E-state index is 10.9. The van der Waals surface area contributed by atoms with Crippen LogP contribution in [0.15, 0.2) is 17.8 Å². The van der Waals surface area contributed by atoms with Crippen LogP contribution in [0.4, 0.5) is 0 Å². The first-order valence-corrected chi connectivity index (χ1v) is 5.79. The standard InChI is InChI=1S/C10H16N4OS/c1-7(2)9(6-15)14(12)5-8(11)10-13-3-4-16-10/h3-7,9H,11-12H2,1-2H3/b8-5-. The molecule has 0 aliphatic rings. The molecule has 0 saturated heterocycles. The SMILES string of the molecule is CC(C)C(C=O)N(N)/C=C(\N)c1nccs1. The van der Waals surface area contributed by atoms with Gasteiger partial charge in [-0.25, -0.2) is 10.8 Å². The summed E-state index contributed by atoms with van der Waals surface area (Å²) in [6.07, 6.45) is 4.02. The third kappa shape index (κ3) is 3.04. The van der Waals surface area contributed by atoms with Gasteiger partial charge in [-0.2, -0.15) is 0 Å². The van der Waals surface area contributed by atoms with Crippen LogP contribution in [0.3, 0.4) is 0 Å². The van der Waals surface area contributed by atoms with Gasteiger partial charge in [-0.3, -0.25) is 0 Å². The summed E-state index contributed by atoms with van der Waals surface area (Å²) in [6.45, 7) is 3.85. The fraction of sp³-hybridized carbons (Fsp3) is 0.400. The molecular weight excluding hydrogens is 224 g/mol. The fourth-order valence-electron chi connectivity index (χ4n) is 1.24. The van der Waals surface area contributed by atoms with Crippen molar-refractivity contribution < 1.29 is 4.79 Å². The van der Waals surface area contributed by atoms with E-state index in [2.05, 4.69) is 4.98 Å². The van der Waals surface area contributed by atoms with Gasteiger partial charge in [-0.1, -0.05) is 13.8 Å². The Morgan fingerprint density at radius 1 is 1.62 bits per heavy atom. The molecule has 4 N–H and O–H groups in total. The van der Waals surface area contributed by atoms with Crippen molar-refractivity contribution in [1.82, 2.24) is 9.99 Å². The number of nitrogens with zero attached hydrogens (tertiary/aromatic N) is 2. The molecule has 0 aromatic carbocycles. The van der Waals surface area contributed by atoms with Crippen molar-refractivity contribution >= 4 is 23.3 Å². The van der Waals surface area contributed by atoms with E-state index in [4.69, 9.17) is 11.6 Å². The molecule has 1 aromatic rings. The smallest absolute Gasteiger partial charge is 0.144 e. The van der Waals surface area contributed by atoms with Crippen LogP contribution in [0.5, 0.6) is 0 Å². The van der Waals surface area contributed by atoms with Crippen molar-refractivity contribution in [1.29, 1.82) is 0 Å². The van der Waals surface area contributed by atoms with E-state index in [0.717, 1.165) is 6.29 Å². The van der Waals surface area contributed by atoms with Crippen molar-refractivity contribution in [2.75, 3.05) is 0 Å². The molecule has 0 aliphatic carbocycles. The number of aldehydes is 1. The molecule has 0 radical (unpaired) electrons. The molecule has 0 bridgehead atoms. The van der Waals surface area contributed by atoms with E-state index in [1.807, 2.05) is 19.2 Å². The Hall–Kier alpha value is -1.40. The summed E-state index contributed by atoms with van der Waals surface area (Å²) in [5.74, 6) is 5.89. The molecule has 1 aromatic heterocycles. The Kier molecular flexibility index (Phi) is 4.45. The second-order valence-corrected chi connectivity index (χ2v) is 4.63. The lowest BCUT2D eigenvalue weighted by Crippen LogP contribution is -2.41.